The van der Waals surface area contributed by atoms with Gasteiger partial charge in [0.15, 0.2) is 0 Å². The molecule has 2 aliphatic rings. The number of hydrogen-bond donors (Lipinski definition) is 1. The van der Waals surface area contributed by atoms with Crippen molar-refractivity contribution < 1.29 is 4.79 Å². The van der Waals surface area contributed by atoms with Crippen LogP contribution in [0.5, 0.6) is 0 Å². The number of rotatable bonds is 3. The van der Waals surface area contributed by atoms with Crippen LogP contribution in [0.4, 0.5) is 0 Å². The number of hydrogen-bond acceptors (Lipinski definition) is 2. The Morgan fingerprint density at radius 1 is 1.43 bits per heavy atom. The van der Waals surface area contributed by atoms with Gasteiger partial charge in [-0.15, -0.1) is 0 Å². The normalized spacial score (nSPS) is 27.8. The monoisotopic (exact) mass is 196 g/mol. The van der Waals surface area contributed by atoms with E-state index in [0.717, 1.165) is 32.5 Å². The van der Waals surface area contributed by atoms with E-state index in [9.17, 15) is 4.79 Å². The van der Waals surface area contributed by atoms with Crippen LogP contribution in [-0.2, 0) is 4.79 Å². The summed E-state index contributed by atoms with van der Waals surface area (Å²) in [4.78, 5) is 14.0. The maximum Gasteiger partial charge on any atom is 0.225 e. The van der Waals surface area contributed by atoms with E-state index in [4.69, 9.17) is 0 Å². The summed E-state index contributed by atoms with van der Waals surface area (Å²) in [5, 5.41) is 3.19. The zero-order chi connectivity index (χ0) is 9.97. The Labute approximate surface area is 85.8 Å². The highest BCUT2D eigenvalue weighted by molar-refractivity contribution is 5.79. The second kappa shape index (κ2) is 4.30. The summed E-state index contributed by atoms with van der Waals surface area (Å²) in [5.74, 6) is 1.49. The fourth-order valence-electron chi connectivity index (χ4n) is 2.40. The molecule has 1 unspecified atom stereocenters. The van der Waals surface area contributed by atoms with Crippen molar-refractivity contribution in [3.63, 3.8) is 0 Å². The molecule has 0 radical (unpaired) electrons. The molecular formula is C11H20N2O. The van der Waals surface area contributed by atoms with Crippen molar-refractivity contribution in [1.82, 2.24) is 10.2 Å². The van der Waals surface area contributed by atoms with Gasteiger partial charge in [-0.25, -0.2) is 0 Å². The SMILES string of the molecule is CNCC1CCN(C(=O)C2CCC2)C1. The van der Waals surface area contributed by atoms with Gasteiger partial charge in [-0.2, -0.15) is 0 Å². The fraction of sp³-hybridized carbons (Fsp3) is 0.909. The lowest BCUT2D eigenvalue weighted by atomic mass is 9.84. The van der Waals surface area contributed by atoms with E-state index in [1.807, 2.05) is 7.05 Å². The minimum Gasteiger partial charge on any atom is -0.342 e. The van der Waals surface area contributed by atoms with Crippen molar-refractivity contribution in [3.8, 4) is 0 Å². The lowest BCUT2D eigenvalue weighted by molar-refractivity contribution is -0.137. The third kappa shape index (κ3) is 1.92. The lowest BCUT2D eigenvalue weighted by Gasteiger charge is -2.29. The number of nitrogens with one attached hydrogen (secondary N) is 1. The maximum atomic E-state index is 11.9. The topological polar surface area (TPSA) is 32.3 Å². The molecule has 1 amide bonds. The molecule has 3 nitrogen and oxygen atoms in total. The number of likely N-dealkylation sites (tertiary alicyclic amines) is 1. The second-order valence-electron chi connectivity index (χ2n) is 4.62. The van der Waals surface area contributed by atoms with Crippen molar-refractivity contribution in [1.29, 1.82) is 0 Å². The summed E-state index contributed by atoms with van der Waals surface area (Å²) >= 11 is 0. The largest absolute Gasteiger partial charge is 0.342 e. The Kier molecular flexibility index (Phi) is 3.06. The quantitative estimate of drug-likeness (QED) is 0.726. The minimum atomic E-state index is 0.378. The van der Waals surface area contributed by atoms with Gasteiger partial charge in [-0.3, -0.25) is 4.79 Å². The van der Waals surface area contributed by atoms with E-state index in [2.05, 4.69) is 10.2 Å². The van der Waals surface area contributed by atoms with E-state index in [1.54, 1.807) is 0 Å². The van der Waals surface area contributed by atoms with Gasteiger partial charge < -0.3 is 10.2 Å². The Morgan fingerprint density at radius 3 is 2.79 bits per heavy atom. The third-order valence-corrected chi connectivity index (χ3v) is 3.54. The van der Waals surface area contributed by atoms with Gasteiger partial charge in [0.25, 0.3) is 0 Å². The van der Waals surface area contributed by atoms with Crippen LogP contribution in [0.2, 0.25) is 0 Å². The molecule has 80 valence electrons. The molecular weight excluding hydrogens is 176 g/mol. The number of amides is 1. The molecule has 1 atom stereocenters. The Balaban J connectivity index is 1.79. The third-order valence-electron chi connectivity index (χ3n) is 3.54. The van der Waals surface area contributed by atoms with Gasteiger partial charge in [-0.05, 0) is 38.8 Å². The fourth-order valence-corrected chi connectivity index (χ4v) is 2.40. The molecule has 3 heteroatoms. The van der Waals surface area contributed by atoms with E-state index in [-0.39, 0.29) is 0 Å². The Bertz CT molecular complexity index is 213. The molecule has 0 aromatic heterocycles. The summed E-state index contributed by atoms with van der Waals surface area (Å²) in [6.07, 6.45) is 4.70. The number of carbonyl (C=O) groups excluding carboxylic acids is 1. The average molecular weight is 196 g/mol. The minimum absolute atomic E-state index is 0.378. The number of carbonyl (C=O) groups is 1. The molecule has 1 N–H and O–H groups in total. The van der Waals surface area contributed by atoms with Crippen LogP contribution >= 0.6 is 0 Å². The van der Waals surface area contributed by atoms with Crippen LogP contribution in [0, 0.1) is 11.8 Å². The van der Waals surface area contributed by atoms with Crippen LogP contribution in [0.3, 0.4) is 0 Å². The smallest absolute Gasteiger partial charge is 0.225 e. The van der Waals surface area contributed by atoms with Crippen LogP contribution in [0.1, 0.15) is 25.7 Å². The van der Waals surface area contributed by atoms with Crippen molar-refractivity contribution in [2.24, 2.45) is 11.8 Å². The first-order valence-corrected chi connectivity index (χ1v) is 5.74. The standard InChI is InChI=1S/C11H20N2O/c1-12-7-9-5-6-13(8-9)11(14)10-3-2-4-10/h9-10,12H,2-8H2,1H3. The molecule has 2 rings (SSSR count). The van der Waals surface area contributed by atoms with Crippen LogP contribution in [0.25, 0.3) is 0 Å². The highest BCUT2D eigenvalue weighted by Crippen LogP contribution is 2.30. The van der Waals surface area contributed by atoms with E-state index >= 15 is 0 Å². The summed E-state index contributed by atoms with van der Waals surface area (Å²) in [6.45, 7) is 3.02. The molecule has 0 aromatic carbocycles. The van der Waals surface area contributed by atoms with Crippen molar-refractivity contribution in [2.45, 2.75) is 25.7 Å². The number of nitrogens with zero attached hydrogens (tertiary/aromatic N) is 1. The first-order chi connectivity index (χ1) is 6.81. The summed E-state index contributed by atoms with van der Waals surface area (Å²) in [6, 6.07) is 0. The molecule has 1 saturated carbocycles. The maximum absolute atomic E-state index is 11.9. The van der Waals surface area contributed by atoms with Crippen LogP contribution in [-0.4, -0.2) is 37.5 Å². The van der Waals surface area contributed by atoms with Gasteiger partial charge in [0.1, 0.15) is 0 Å². The van der Waals surface area contributed by atoms with Crippen LogP contribution in [0.15, 0.2) is 0 Å². The Morgan fingerprint density at radius 2 is 2.21 bits per heavy atom. The van der Waals surface area contributed by atoms with Gasteiger partial charge in [-0.1, -0.05) is 6.42 Å². The lowest BCUT2D eigenvalue weighted by Crippen LogP contribution is -2.37. The van der Waals surface area contributed by atoms with Crippen molar-refractivity contribution in [2.75, 3.05) is 26.7 Å². The average Bonchev–Trinajstić information content (AvgIpc) is 2.50. The molecule has 1 aliphatic carbocycles. The molecule has 1 aliphatic heterocycles. The molecule has 14 heavy (non-hydrogen) atoms. The summed E-state index contributed by atoms with van der Waals surface area (Å²) in [7, 11) is 1.98. The van der Waals surface area contributed by atoms with E-state index < -0.39 is 0 Å². The predicted molar refractivity (Wildman–Crippen MR) is 56.0 cm³/mol. The van der Waals surface area contributed by atoms with Gasteiger partial charge in [0, 0.05) is 19.0 Å². The van der Waals surface area contributed by atoms with Gasteiger partial charge in [0.05, 0.1) is 0 Å². The van der Waals surface area contributed by atoms with Crippen molar-refractivity contribution in [3.05, 3.63) is 0 Å². The first-order valence-electron chi connectivity index (χ1n) is 5.74. The summed E-state index contributed by atoms with van der Waals surface area (Å²) in [5.41, 5.74) is 0. The zero-order valence-electron chi connectivity index (χ0n) is 8.96. The molecule has 0 aromatic rings. The molecule has 0 bridgehead atoms. The van der Waals surface area contributed by atoms with Gasteiger partial charge >= 0.3 is 0 Å². The zero-order valence-corrected chi connectivity index (χ0v) is 8.96. The summed E-state index contributed by atoms with van der Waals surface area (Å²) < 4.78 is 0. The second-order valence-corrected chi connectivity index (χ2v) is 4.62. The molecule has 1 heterocycles. The predicted octanol–water partition coefficient (Wildman–Crippen LogP) is 0.854. The highest BCUT2D eigenvalue weighted by Gasteiger charge is 2.33. The van der Waals surface area contributed by atoms with E-state index in [1.165, 1.54) is 12.8 Å². The van der Waals surface area contributed by atoms with E-state index in [0.29, 0.717) is 17.7 Å². The van der Waals surface area contributed by atoms with Crippen molar-refractivity contribution >= 4 is 5.91 Å². The molecule has 1 saturated heterocycles. The van der Waals surface area contributed by atoms with Gasteiger partial charge in [0.2, 0.25) is 5.91 Å². The first kappa shape index (κ1) is 9.97. The highest BCUT2D eigenvalue weighted by atomic mass is 16.2. The van der Waals surface area contributed by atoms with Crippen LogP contribution < -0.4 is 5.32 Å². The Hall–Kier alpha value is -0.570. The molecule has 2 fully saturated rings. The molecule has 0 spiro atoms.